The minimum Gasteiger partial charge on any atom is -0.495 e. The lowest BCUT2D eigenvalue weighted by Gasteiger charge is -2.39. The molecule has 1 aromatic carbocycles. The maximum Gasteiger partial charge on any atom is 0.225 e. The molecular weight excluding hydrogens is 418 g/mol. The number of amides is 1. The Hall–Kier alpha value is -3.62. The van der Waals surface area contributed by atoms with E-state index < -0.39 is 0 Å². The van der Waals surface area contributed by atoms with Crippen LogP contribution >= 0.6 is 0 Å². The van der Waals surface area contributed by atoms with E-state index in [1.54, 1.807) is 26.0 Å². The van der Waals surface area contributed by atoms with Gasteiger partial charge in [0.25, 0.3) is 0 Å². The van der Waals surface area contributed by atoms with Gasteiger partial charge in [0.2, 0.25) is 5.91 Å². The molecule has 0 radical (unpaired) electrons. The Balaban J connectivity index is 1.15. The standard InChI is InChI=1S/C24H29N7O2/c1-33-21-5-3-2-4-20(21)28-12-14-30(15-13-28)24(32)19-6-9-29(10-7-19)22-16-23(27-17-26-22)31-11-8-25-18-31/h2-5,8,11,16-19H,6-7,9-10,12-15H2,1H3. The fraction of sp³-hybridized carbons (Fsp3) is 0.417. The number of carbonyl (C=O) groups is 1. The molecule has 0 aliphatic carbocycles. The Labute approximate surface area is 193 Å². The zero-order valence-corrected chi connectivity index (χ0v) is 18.9. The molecule has 33 heavy (non-hydrogen) atoms. The van der Waals surface area contributed by atoms with Gasteiger partial charge < -0.3 is 19.4 Å². The Kier molecular flexibility index (Phi) is 6.10. The van der Waals surface area contributed by atoms with E-state index in [0.717, 1.165) is 75.2 Å². The second-order valence-electron chi connectivity index (χ2n) is 8.45. The summed E-state index contributed by atoms with van der Waals surface area (Å²) in [4.78, 5) is 32.7. The second kappa shape index (κ2) is 9.48. The Morgan fingerprint density at radius 1 is 0.970 bits per heavy atom. The van der Waals surface area contributed by atoms with Crippen molar-refractivity contribution in [2.24, 2.45) is 5.92 Å². The Morgan fingerprint density at radius 3 is 2.45 bits per heavy atom. The maximum atomic E-state index is 13.2. The molecule has 0 unspecified atom stereocenters. The highest BCUT2D eigenvalue weighted by Crippen LogP contribution is 2.29. The zero-order valence-electron chi connectivity index (χ0n) is 18.9. The van der Waals surface area contributed by atoms with Crippen LogP contribution in [0.5, 0.6) is 5.75 Å². The van der Waals surface area contributed by atoms with Gasteiger partial charge in [-0.1, -0.05) is 12.1 Å². The number of aromatic nitrogens is 4. The SMILES string of the molecule is COc1ccccc1N1CCN(C(=O)C2CCN(c3cc(-n4ccnc4)ncn3)CC2)CC1. The van der Waals surface area contributed by atoms with Crippen molar-refractivity contribution in [1.29, 1.82) is 0 Å². The average Bonchev–Trinajstić information content (AvgIpc) is 3.44. The summed E-state index contributed by atoms with van der Waals surface area (Å²) < 4.78 is 7.37. The monoisotopic (exact) mass is 447 g/mol. The van der Waals surface area contributed by atoms with Gasteiger partial charge in [-0.05, 0) is 25.0 Å². The van der Waals surface area contributed by atoms with Gasteiger partial charge in [0.15, 0.2) is 0 Å². The molecule has 2 aromatic heterocycles. The minimum absolute atomic E-state index is 0.0778. The lowest BCUT2D eigenvalue weighted by molar-refractivity contribution is -0.136. The van der Waals surface area contributed by atoms with Gasteiger partial charge in [-0.15, -0.1) is 0 Å². The molecule has 4 heterocycles. The van der Waals surface area contributed by atoms with Gasteiger partial charge in [-0.25, -0.2) is 15.0 Å². The number of para-hydroxylation sites is 2. The van der Waals surface area contributed by atoms with Crippen LogP contribution in [-0.2, 0) is 4.79 Å². The largest absolute Gasteiger partial charge is 0.495 e. The van der Waals surface area contributed by atoms with E-state index in [9.17, 15) is 4.79 Å². The summed E-state index contributed by atoms with van der Waals surface area (Å²) in [7, 11) is 1.70. The molecular formula is C24H29N7O2. The van der Waals surface area contributed by atoms with Crippen LogP contribution in [-0.4, -0.2) is 76.7 Å². The zero-order chi connectivity index (χ0) is 22.6. The number of rotatable bonds is 5. The van der Waals surface area contributed by atoms with E-state index in [4.69, 9.17) is 4.74 Å². The summed E-state index contributed by atoms with van der Waals surface area (Å²) in [6, 6.07) is 10.0. The molecule has 0 atom stereocenters. The number of piperidine rings is 1. The predicted octanol–water partition coefficient (Wildman–Crippen LogP) is 2.24. The van der Waals surface area contributed by atoms with Crippen LogP contribution in [0.1, 0.15) is 12.8 Å². The third-order valence-electron chi connectivity index (χ3n) is 6.59. The van der Waals surface area contributed by atoms with Crippen molar-refractivity contribution in [2.75, 3.05) is 56.2 Å². The third-order valence-corrected chi connectivity index (χ3v) is 6.59. The van der Waals surface area contributed by atoms with Crippen LogP contribution in [0.15, 0.2) is 55.4 Å². The summed E-state index contributed by atoms with van der Waals surface area (Å²) in [6.07, 6.45) is 8.60. The number of carbonyl (C=O) groups excluding carboxylic acids is 1. The van der Waals surface area contributed by atoms with Gasteiger partial charge >= 0.3 is 0 Å². The first-order valence-electron chi connectivity index (χ1n) is 11.4. The molecule has 2 aliphatic rings. The number of hydrogen-bond donors (Lipinski definition) is 0. The first-order valence-corrected chi connectivity index (χ1v) is 11.4. The van der Waals surface area contributed by atoms with Crippen molar-refractivity contribution in [3.05, 3.63) is 55.4 Å². The van der Waals surface area contributed by atoms with Crippen LogP contribution in [0.4, 0.5) is 11.5 Å². The van der Waals surface area contributed by atoms with Crippen LogP contribution in [0.25, 0.3) is 5.82 Å². The van der Waals surface area contributed by atoms with E-state index >= 15 is 0 Å². The van der Waals surface area contributed by atoms with Gasteiger partial charge in [-0.2, -0.15) is 0 Å². The molecule has 5 rings (SSSR count). The number of hydrogen-bond acceptors (Lipinski definition) is 7. The molecule has 3 aromatic rings. The lowest BCUT2D eigenvalue weighted by atomic mass is 9.95. The van der Waals surface area contributed by atoms with Gasteiger partial charge in [-0.3, -0.25) is 9.36 Å². The van der Waals surface area contributed by atoms with Crippen molar-refractivity contribution in [3.8, 4) is 11.6 Å². The average molecular weight is 448 g/mol. The van der Waals surface area contributed by atoms with Crippen molar-refractivity contribution >= 4 is 17.4 Å². The molecule has 0 bridgehead atoms. The molecule has 2 aliphatic heterocycles. The number of benzene rings is 1. The molecule has 9 nitrogen and oxygen atoms in total. The summed E-state index contributed by atoms with van der Waals surface area (Å²) in [6.45, 7) is 4.77. The van der Waals surface area contributed by atoms with Crippen molar-refractivity contribution < 1.29 is 9.53 Å². The summed E-state index contributed by atoms with van der Waals surface area (Å²) in [5.74, 6) is 2.93. The second-order valence-corrected chi connectivity index (χ2v) is 8.45. The van der Waals surface area contributed by atoms with Crippen LogP contribution in [0.3, 0.4) is 0 Å². The van der Waals surface area contributed by atoms with Crippen molar-refractivity contribution in [1.82, 2.24) is 24.4 Å². The van der Waals surface area contributed by atoms with E-state index in [-0.39, 0.29) is 11.8 Å². The topological polar surface area (TPSA) is 79.6 Å². The third kappa shape index (κ3) is 4.48. The van der Waals surface area contributed by atoms with Gasteiger partial charge in [0.05, 0.1) is 12.8 Å². The number of methoxy groups -OCH3 is 1. The Morgan fingerprint density at radius 2 is 1.73 bits per heavy atom. The number of piperazine rings is 1. The first-order chi connectivity index (χ1) is 16.2. The van der Waals surface area contributed by atoms with E-state index in [1.165, 1.54) is 0 Å². The number of ether oxygens (including phenoxy) is 1. The lowest BCUT2D eigenvalue weighted by Crippen LogP contribution is -2.51. The van der Waals surface area contributed by atoms with E-state index in [1.807, 2.05) is 39.9 Å². The fourth-order valence-corrected chi connectivity index (χ4v) is 4.72. The molecule has 172 valence electrons. The predicted molar refractivity (Wildman–Crippen MR) is 126 cm³/mol. The number of imidazole rings is 1. The highest BCUT2D eigenvalue weighted by molar-refractivity contribution is 5.79. The van der Waals surface area contributed by atoms with Gasteiger partial charge in [0.1, 0.15) is 30.0 Å². The minimum atomic E-state index is 0.0778. The molecule has 2 saturated heterocycles. The maximum absolute atomic E-state index is 13.2. The highest BCUT2D eigenvalue weighted by Gasteiger charge is 2.31. The molecule has 2 fully saturated rings. The van der Waals surface area contributed by atoms with E-state index in [2.05, 4.69) is 30.8 Å². The van der Waals surface area contributed by atoms with Crippen LogP contribution < -0.4 is 14.5 Å². The first kappa shape index (κ1) is 21.2. The smallest absolute Gasteiger partial charge is 0.225 e. The van der Waals surface area contributed by atoms with Crippen LogP contribution in [0.2, 0.25) is 0 Å². The fourth-order valence-electron chi connectivity index (χ4n) is 4.72. The normalized spacial score (nSPS) is 17.3. The molecule has 0 saturated carbocycles. The molecule has 0 spiro atoms. The summed E-state index contributed by atoms with van der Waals surface area (Å²) >= 11 is 0. The number of nitrogens with zero attached hydrogens (tertiary/aromatic N) is 7. The molecule has 1 amide bonds. The quantitative estimate of drug-likeness (QED) is 0.593. The van der Waals surface area contributed by atoms with Gasteiger partial charge in [0, 0.05) is 63.6 Å². The molecule has 0 N–H and O–H groups in total. The number of anilines is 2. The van der Waals surface area contributed by atoms with Crippen molar-refractivity contribution in [2.45, 2.75) is 12.8 Å². The Bertz CT molecular complexity index is 1070. The van der Waals surface area contributed by atoms with Crippen LogP contribution in [0, 0.1) is 5.92 Å². The van der Waals surface area contributed by atoms with E-state index in [0.29, 0.717) is 0 Å². The highest BCUT2D eigenvalue weighted by atomic mass is 16.5. The summed E-state index contributed by atoms with van der Waals surface area (Å²) in [5, 5.41) is 0. The molecule has 9 heteroatoms. The van der Waals surface area contributed by atoms with Crippen molar-refractivity contribution in [3.63, 3.8) is 0 Å². The summed E-state index contributed by atoms with van der Waals surface area (Å²) in [5.41, 5.74) is 1.10.